The highest BCUT2D eigenvalue weighted by Gasteiger charge is 2.40. The van der Waals surface area contributed by atoms with Gasteiger partial charge in [0.2, 0.25) is 11.8 Å². The van der Waals surface area contributed by atoms with Gasteiger partial charge in [-0.25, -0.2) is 9.59 Å². The lowest BCUT2D eigenvalue weighted by atomic mass is 9.98. The second-order valence-corrected chi connectivity index (χ2v) is 14.7. The van der Waals surface area contributed by atoms with E-state index in [0.717, 1.165) is 38.9 Å². The number of rotatable bonds is 11. The van der Waals surface area contributed by atoms with Gasteiger partial charge < -0.3 is 25.0 Å². The fourth-order valence-electron chi connectivity index (χ4n) is 7.13. The van der Waals surface area contributed by atoms with Crippen molar-refractivity contribution < 1.29 is 28.7 Å². The van der Waals surface area contributed by atoms with Crippen LogP contribution in [0.1, 0.15) is 67.3 Å². The summed E-state index contributed by atoms with van der Waals surface area (Å²) in [6.45, 7) is 7.76. The van der Waals surface area contributed by atoms with Crippen molar-refractivity contribution in [1.29, 1.82) is 0 Å². The molecule has 0 radical (unpaired) electrons. The maximum absolute atomic E-state index is 14.3. The zero-order chi connectivity index (χ0) is 36.8. The Hall–Kier alpha value is -5.44. The molecule has 0 unspecified atom stereocenters. The van der Waals surface area contributed by atoms with Crippen LogP contribution in [0.4, 0.5) is 4.79 Å². The molecule has 3 atom stereocenters. The smallest absolute Gasteiger partial charge is 0.407 e. The number of fused-ring (bicyclic) bond motifs is 3. The normalized spacial score (nSPS) is 16.3. The minimum absolute atomic E-state index is 0.105. The van der Waals surface area contributed by atoms with Gasteiger partial charge in [-0.3, -0.25) is 9.59 Å². The van der Waals surface area contributed by atoms with Gasteiger partial charge in [-0.05, 0) is 73.9 Å². The van der Waals surface area contributed by atoms with Gasteiger partial charge in [-0.2, -0.15) is 0 Å². The highest BCUT2D eigenvalue weighted by atomic mass is 16.6. The Morgan fingerprint density at radius 1 is 0.750 bits per heavy atom. The number of nitrogens with zero attached hydrogens (tertiary/aromatic N) is 1. The second kappa shape index (κ2) is 15.8. The Labute approximate surface area is 305 Å². The lowest BCUT2D eigenvalue weighted by molar-refractivity contribution is -0.159. The summed E-state index contributed by atoms with van der Waals surface area (Å²) in [5.74, 6) is -1.50. The fourth-order valence-corrected chi connectivity index (χ4v) is 7.13. The number of aryl methyl sites for hydroxylation is 1. The average molecular weight is 702 g/mol. The lowest BCUT2D eigenvalue weighted by Gasteiger charge is -2.30. The minimum atomic E-state index is -0.988. The van der Waals surface area contributed by atoms with E-state index in [-0.39, 0.29) is 31.3 Å². The monoisotopic (exact) mass is 701 g/mol. The third-order valence-electron chi connectivity index (χ3n) is 9.62. The van der Waals surface area contributed by atoms with E-state index >= 15 is 0 Å². The number of ether oxygens (including phenoxy) is 2. The van der Waals surface area contributed by atoms with Gasteiger partial charge in [-0.15, -0.1) is 0 Å². The van der Waals surface area contributed by atoms with Crippen LogP contribution in [0.3, 0.4) is 0 Å². The van der Waals surface area contributed by atoms with Crippen LogP contribution in [0.2, 0.25) is 0 Å². The van der Waals surface area contributed by atoms with Crippen molar-refractivity contribution >= 4 is 23.9 Å². The Bertz CT molecular complexity index is 1860. The zero-order valence-corrected chi connectivity index (χ0v) is 30.3. The topological polar surface area (TPSA) is 114 Å². The minimum Gasteiger partial charge on any atom is -0.458 e. The molecule has 9 nitrogen and oxygen atoms in total. The number of esters is 1. The zero-order valence-electron chi connectivity index (χ0n) is 30.3. The SMILES string of the molecule is Cc1ccc(C[C@H](NC(=O)OCC2c3ccccc3-c3ccccc32)C(=O)N2CCC[C@H]2C(=O)N[C@@H](Cc2ccccc2)C(=O)OC(C)(C)C)cc1. The van der Waals surface area contributed by atoms with Gasteiger partial charge in [0.1, 0.15) is 30.3 Å². The lowest BCUT2D eigenvalue weighted by Crippen LogP contribution is -2.56. The molecule has 1 aliphatic carbocycles. The first kappa shape index (κ1) is 36.4. The number of hydrogen-bond donors (Lipinski definition) is 2. The predicted molar refractivity (Wildman–Crippen MR) is 200 cm³/mol. The average Bonchev–Trinajstić information content (AvgIpc) is 3.74. The first-order chi connectivity index (χ1) is 25.0. The first-order valence-corrected chi connectivity index (χ1v) is 18.0. The number of alkyl carbamates (subject to hydrolysis) is 1. The van der Waals surface area contributed by atoms with Crippen LogP contribution in [0.25, 0.3) is 11.1 Å². The number of nitrogens with one attached hydrogen (secondary N) is 2. The van der Waals surface area contributed by atoms with Gasteiger partial charge in [0, 0.05) is 25.3 Å². The van der Waals surface area contributed by atoms with Crippen LogP contribution < -0.4 is 10.6 Å². The van der Waals surface area contributed by atoms with Gasteiger partial charge in [-0.1, -0.05) is 109 Å². The number of likely N-dealkylation sites (tertiary alicyclic amines) is 1. The number of benzene rings is 4. The van der Waals surface area contributed by atoms with E-state index in [1.54, 1.807) is 20.8 Å². The van der Waals surface area contributed by atoms with Crippen molar-refractivity contribution in [3.05, 3.63) is 131 Å². The third-order valence-corrected chi connectivity index (χ3v) is 9.62. The molecule has 0 bridgehead atoms. The Kier molecular flexibility index (Phi) is 11.1. The van der Waals surface area contributed by atoms with Crippen LogP contribution in [-0.2, 0) is 36.7 Å². The molecule has 52 heavy (non-hydrogen) atoms. The molecule has 4 aromatic rings. The van der Waals surface area contributed by atoms with E-state index in [1.165, 1.54) is 4.90 Å². The molecule has 0 spiro atoms. The summed E-state index contributed by atoms with van der Waals surface area (Å²) in [4.78, 5) is 56.5. The molecular formula is C43H47N3O6. The molecule has 3 amide bonds. The maximum atomic E-state index is 14.3. The number of hydrogen-bond acceptors (Lipinski definition) is 6. The molecule has 0 saturated carbocycles. The molecule has 1 heterocycles. The van der Waals surface area contributed by atoms with Crippen molar-refractivity contribution in [1.82, 2.24) is 15.5 Å². The summed E-state index contributed by atoms with van der Waals surface area (Å²) in [7, 11) is 0. The van der Waals surface area contributed by atoms with E-state index in [2.05, 4.69) is 34.9 Å². The Morgan fingerprint density at radius 3 is 1.96 bits per heavy atom. The highest BCUT2D eigenvalue weighted by Crippen LogP contribution is 2.44. The largest absolute Gasteiger partial charge is 0.458 e. The molecule has 0 aromatic heterocycles. The van der Waals surface area contributed by atoms with Gasteiger partial charge in [0.25, 0.3) is 0 Å². The van der Waals surface area contributed by atoms with Gasteiger partial charge in [0.15, 0.2) is 0 Å². The van der Waals surface area contributed by atoms with Crippen LogP contribution in [0.15, 0.2) is 103 Å². The van der Waals surface area contributed by atoms with E-state index in [1.807, 2.05) is 85.8 Å². The molecular weight excluding hydrogens is 654 g/mol. The van der Waals surface area contributed by atoms with E-state index in [0.29, 0.717) is 19.4 Å². The molecule has 1 fully saturated rings. The number of carbonyl (C=O) groups excluding carboxylic acids is 4. The second-order valence-electron chi connectivity index (χ2n) is 14.7. The Morgan fingerprint density at radius 2 is 1.33 bits per heavy atom. The summed E-state index contributed by atoms with van der Waals surface area (Å²) in [6.07, 6.45) is 0.762. The number of carbonyl (C=O) groups is 4. The molecule has 2 aliphatic rings. The van der Waals surface area contributed by atoms with Crippen molar-refractivity contribution in [3.8, 4) is 11.1 Å². The molecule has 9 heteroatoms. The molecule has 1 aliphatic heterocycles. The first-order valence-electron chi connectivity index (χ1n) is 18.0. The summed E-state index contributed by atoms with van der Waals surface area (Å²) in [6, 6.07) is 30.6. The predicted octanol–water partition coefficient (Wildman–Crippen LogP) is 6.51. The maximum Gasteiger partial charge on any atom is 0.407 e. The summed E-state index contributed by atoms with van der Waals surface area (Å²) in [5, 5.41) is 5.75. The van der Waals surface area contributed by atoms with Crippen LogP contribution in [-0.4, -0.2) is 65.7 Å². The molecule has 1 saturated heterocycles. The van der Waals surface area contributed by atoms with Crippen LogP contribution >= 0.6 is 0 Å². The van der Waals surface area contributed by atoms with Crippen molar-refractivity contribution in [3.63, 3.8) is 0 Å². The van der Waals surface area contributed by atoms with Crippen LogP contribution in [0, 0.1) is 6.92 Å². The van der Waals surface area contributed by atoms with Crippen LogP contribution in [0.5, 0.6) is 0 Å². The molecule has 270 valence electrons. The van der Waals surface area contributed by atoms with E-state index in [4.69, 9.17) is 9.47 Å². The van der Waals surface area contributed by atoms with Crippen molar-refractivity contribution in [2.24, 2.45) is 0 Å². The summed E-state index contributed by atoms with van der Waals surface area (Å²) >= 11 is 0. The molecule has 6 rings (SSSR count). The Balaban J connectivity index is 1.17. The van der Waals surface area contributed by atoms with Crippen molar-refractivity contribution in [2.45, 2.75) is 83.0 Å². The van der Waals surface area contributed by atoms with Gasteiger partial charge >= 0.3 is 12.1 Å². The summed E-state index contributed by atoms with van der Waals surface area (Å²) < 4.78 is 11.5. The van der Waals surface area contributed by atoms with Crippen molar-refractivity contribution in [2.75, 3.05) is 13.2 Å². The number of amides is 3. The summed E-state index contributed by atoms with van der Waals surface area (Å²) in [5.41, 5.74) is 6.46. The van der Waals surface area contributed by atoms with Gasteiger partial charge in [0.05, 0.1) is 0 Å². The molecule has 4 aromatic carbocycles. The van der Waals surface area contributed by atoms with E-state index in [9.17, 15) is 19.2 Å². The fraction of sp³-hybridized carbons (Fsp3) is 0.349. The highest BCUT2D eigenvalue weighted by molar-refractivity contribution is 5.94. The quantitative estimate of drug-likeness (QED) is 0.173. The third kappa shape index (κ3) is 8.70. The standard InChI is InChI=1S/C43H47N3O6/c1-28-20-22-30(23-21-28)25-36(45-42(50)51-27-35-33-17-10-8-15-31(33)32-16-9-11-18-34(32)35)40(48)46-24-12-19-38(46)39(47)44-37(41(49)52-43(2,3)4)26-29-13-6-5-7-14-29/h5-11,13-18,20-23,35-38H,12,19,24-27H2,1-4H3,(H,44,47)(H,45,50)/t36-,37-,38-/m0/s1. The van der Waals surface area contributed by atoms with E-state index < -0.39 is 41.7 Å². The molecule has 2 N–H and O–H groups in total.